The van der Waals surface area contributed by atoms with Gasteiger partial charge in [0.1, 0.15) is 17.8 Å². The molecule has 21 heavy (non-hydrogen) atoms. The van der Waals surface area contributed by atoms with Crippen LogP contribution in [-0.4, -0.2) is 47.3 Å². The molecular formula is C15H25FN2O3. The van der Waals surface area contributed by atoms with E-state index >= 15 is 0 Å². The van der Waals surface area contributed by atoms with Crippen LogP contribution in [0.1, 0.15) is 40.5 Å². The van der Waals surface area contributed by atoms with E-state index in [-0.39, 0.29) is 24.9 Å². The highest BCUT2D eigenvalue weighted by Gasteiger charge is 2.41. The average Bonchev–Trinajstić information content (AvgIpc) is 2.69. The third-order valence-electron chi connectivity index (χ3n) is 3.09. The summed E-state index contributed by atoms with van der Waals surface area (Å²) in [5.74, 6) is -0.352. The lowest BCUT2D eigenvalue weighted by molar-refractivity contribution is -0.126. The minimum Gasteiger partial charge on any atom is -0.444 e. The van der Waals surface area contributed by atoms with Crippen LogP contribution in [0.5, 0.6) is 0 Å². The van der Waals surface area contributed by atoms with Gasteiger partial charge in [-0.05, 0) is 34.1 Å². The fraction of sp³-hybridized carbons (Fsp3) is 0.733. The highest BCUT2D eigenvalue weighted by atomic mass is 19.1. The zero-order valence-corrected chi connectivity index (χ0v) is 13.2. The molecule has 1 fully saturated rings. The summed E-state index contributed by atoms with van der Waals surface area (Å²) in [5.41, 5.74) is -0.678. The minimum atomic E-state index is -1.21. The maximum atomic E-state index is 13.6. The van der Waals surface area contributed by atoms with Gasteiger partial charge in [-0.15, -0.1) is 6.58 Å². The van der Waals surface area contributed by atoms with Crippen LogP contribution < -0.4 is 5.32 Å². The van der Waals surface area contributed by atoms with E-state index in [4.69, 9.17) is 4.74 Å². The van der Waals surface area contributed by atoms with Crippen LogP contribution in [0.4, 0.5) is 9.18 Å². The number of carbonyl (C=O) groups excluding carboxylic acids is 2. The number of likely N-dealkylation sites (tertiary alicyclic amines) is 1. The normalized spacial score (nSPS) is 23.6. The second-order valence-corrected chi connectivity index (χ2v) is 6.42. The maximum absolute atomic E-state index is 13.6. The molecule has 6 heteroatoms. The van der Waals surface area contributed by atoms with E-state index in [1.807, 2.05) is 6.92 Å². The van der Waals surface area contributed by atoms with Gasteiger partial charge < -0.3 is 10.1 Å². The smallest absolute Gasteiger partial charge is 0.411 e. The van der Waals surface area contributed by atoms with Crippen molar-refractivity contribution in [1.29, 1.82) is 0 Å². The van der Waals surface area contributed by atoms with Crippen LogP contribution >= 0.6 is 0 Å². The van der Waals surface area contributed by atoms with Gasteiger partial charge in [0, 0.05) is 12.5 Å². The zero-order valence-electron chi connectivity index (χ0n) is 13.2. The van der Waals surface area contributed by atoms with Crippen molar-refractivity contribution >= 4 is 12.0 Å². The second-order valence-electron chi connectivity index (χ2n) is 6.42. The molecule has 0 spiro atoms. The van der Waals surface area contributed by atoms with Crippen molar-refractivity contribution in [2.45, 2.75) is 64.4 Å². The largest absolute Gasteiger partial charge is 0.444 e. The Balaban J connectivity index is 2.72. The zero-order chi connectivity index (χ0) is 16.2. The third kappa shape index (κ3) is 5.36. The van der Waals surface area contributed by atoms with Crippen molar-refractivity contribution in [1.82, 2.24) is 10.2 Å². The van der Waals surface area contributed by atoms with Crippen molar-refractivity contribution in [2.24, 2.45) is 0 Å². The number of hydrogen-bond acceptors (Lipinski definition) is 3. The fourth-order valence-electron chi connectivity index (χ4n) is 2.20. The van der Waals surface area contributed by atoms with E-state index in [2.05, 4.69) is 11.9 Å². The minimum absolute atomic E-state index is 0.00584. The van der Waals surface area contributed by atoms with Gasteiger partial charge in [-0.1, -0.05) is 6.08 Å². The van der Waals surface area contributed by atoms with Gasteiger partial charge in [-0.2, -0.15) is 0 Å². The number of hydrogen-bond donors (Lipinski definition) is 1. The molecular weight excluding hydrogens is 275 g/mol. The van der Waals surface area contributed by atoms with E-state index in [0.29, 0.717) is 6.42 Å². The van der Waals surface area contributed by atoms with Gasteiger partial charge in [0.2, 0.25) is 5.91 Å². The van der Waals surface area contributed by atoms with Crippen LogP contribution in [0, 0.1) is 0 Å². The molecule has 1 saturated heterocycles. The van der Waals surface area contributed by atoms with Gasteiger partial charge in [0.15, 0.2) is 0 Å². The fourth-order valence-corrected chi connectivity index (χ4v) is 2.20. The van der Waals surface area contributed by atoms with E-state index in [1.165, 1.54) is 4.90 Å². The second kappa shape index (κ2) is 6.91. The number of carbonyl (C=O) groups is 2. The van der Waals surface area contributed by atoms with Crippen molar-refractivity contribution in [3.05, 3.63) is 12.7 Å². The first-order valence-corrected chi connectivity index (χ1v) is 7.19. The summed E-state index contributed by atoms with van der Waals surface area (Å²) in [6, 6.07) is -0.920. The van der Waals surface area contributed by atoms with Crippen LogP contribution in [0.2, 0.25) is 0 Å². The van der Waals surface area contributed by atoms with Gasteiger partial charge in [0.05, 0.1) is 6.54 Å². The maximum Gasteiger partial charge on any atom is 0.411 e. The lowest BCUT2D eigenvalue weighted by Crippen LogP contribution is -2.49. The highest BCUT2D eigenvalue weighted by Crippen LogP contribution is 2.23. The first-order chi connectivity index (χ1) is 9.64. The number of amides is 2. The molecule has 1 aliphatic heterocycles. The molecule has 120 valence electrons. The van der Waals surface area contributed by atoms with Gasteiger partial charge in [-0.25, -0.2) is 9.18 Å². The SMILES string of the molecule is C=CC[C@H](C)NC(=O)[C@H]1C[C@H](F)CN1C(=O)OC(C)(C)C. The highest BCUT2D eigenvalue weighted by molar-refractivity contribution is 5.86. The van der Waals surface area contributed by atoms with E-state index in [0.717, 1.165) is 0 Å². The molecule has 1 aliphatic rings. The number of rotatable bonds is 4. The number of nitrogens with one attached hydrogen (secondary N) is 1. The van der Waals surface area contributed by atoms with Gasteiger partial charge >= 0.3 is 6.09 Å². The molecule has 0 bridgehead atoms. The average molecular weight is 300 g/mol. The summed E-state index contributed by atoms with van der Waals surface area (Å²) in [5, 5.41) is 2.76. The molecule has 3 atom stereocenters. The molecule has 1 heterocycles. The predicted octanol–water partition coefficient (Wildman–Crippen LogP) is 2.41. The molecule has 0 saturated carbocycles. The number of halogens is 1. The summed E-state index contributed by atoms with van der Waals surface area (Å²) >= 11 is 0. The van der Waals surface area contributed by atoms with Crippen molar-refractivity contribution in [2.75, 3.05) is 6.54 Å². The van der Waals surface area contributed by atoms with Crippen LogP contribution in [0.15, 0.2) is 12.7 Å². The van der Waals surface area contributed by atoms with Gasteiger partial charge in [-0.3, -0.25) is 9.69 Å². The Hall–Kier alpha value is -1.59. The molecule has 5 nitrogen and oxygen atoms in total. The third-order valence-corrected chi connectivity index (χ3v) is 3.09. The summed E-state index contributed by atoms with van der Waals surface area (Å²) in [4.78, 5) is 25.4. The summed E-state index contributed by atoms with van der Waals surface area (Å²) < 4.78 is 18.8. The Labute approximate surface area is 125 Å². The Kier molecular flexibility index (Phi) is 5.75. The lowest BCUT2D eigenvalue weighted by atomic mass is 10.1. The standard InChI is InChI=1S/C15H25FN2O3/c1-6-7-10(2)17-13(19)12-8-11(16)9-18(12)14(20)21-15(3,4)5/h6,10-12H,1,7-9H2,2-5H3,(H,17,19)/t10-,11-,12+/m0/s1. The number of ether oxygens (including phenoxy) is 1. The summed E-state index contributed by atoms with van der Waals surface area (Å²) in [6.45, 7) is 10.5. The molecule has 1 N–H and O–H groups in total. The summed E-state index contributed by atoms with van der Waals surface area (Å²) in [6.07, 6.45) is 0.459. The number of nitrogens with zero attached hydrogens (tertiary/aromatic N) is 1. The Bertz CT molecular complexity index is 406. The van der Waals surface area contributed by atoms with E-state index < -0.39 is 23.9 Å². The Morgan fingerprint density at radius 3 is 2.67 bits per heavy atom. The quantitative estimate of drug-likeness (QED) is 0.811. The Morgan fingerprint density at radius 2 is 2.14 bits per heavy atom. The van der Waals surface area contributed by atoms with Crippen molar-refractivity contribution in [3.8, 4) is 0 Å². The summed E-state index contributed by atoms with van der Waals surface area (Å²) in [7, 11) is 0. The topological polar surface area (TPSA) is 58.6 Å². The Morgan fingerprint density at radius 1 is 1.52 bits per heavy atom. The monoisotopic (exact) mass is 300 g/mol. The van der Waals surface area contributed by atoms with Crippen molar-refractivity contribution < 1.29 is 18.7 Å². The molecule has 2 amide bonds. The number of alkyl halides is 1. The molecule has 0 unspecified atom stereocenters. The molecule has 1 rings (SSSR count). The molecule has 0 radical (unpaired) electrons. The van der Waals surface area contributed by atoms with Crippen molar-refractivity contribution in [3.63, 3.8) is 0 Å². The van der Waals surface area contributed by atoms with Crippen LogP contribution in [0.3, 0.4) is 0 Å². The van der Waals surface area contributed by atoms with Crippen LogP contribution in [-0.2, 0) is 9.53 Å². The van der Waals surface area contributed by atoms with Crippen LogP contribution in [0.25, 0.3) is 0 Å². The molecule has 0 aromatic carbocycles. The van der Waals surface area contributed by atoms with Gasteiger partial charge in [0.25, 0.3) is 0 Å². The predicted molar refractivity (Wildman–Crippen MR) is 78.7 cm³/mol. The molecule has 0 aromatic heterocycles. The van der Waals surface area contributed by atoms with E-state index in [1.54, 1.807) is 26.8 Å². The van der Waals surface area contributed by atoms with E-state index in [9.17, 15) is 14.0 Å². The first kappa shape index (κ1) is 17.5. The first-order valence-electron chi connectivity index (χ1n) is 7.19. The lowest BCUT2D eigenvalue weighted by Gasteiger charge is -2.28. The molecule has 0 aromatic rings. The molecule has 0 aliphatic carbocycles.